The van der Waals surface area contributed by atoms with Gasteiger partial charge in [0, 0.05) is 3.58 Å². The topological polar surface area (TPSA) is 29.5 Å². The molecular formula is C7H7IO2. The molecule has 0 fully saturated rings. The van der Waals surface area contributed by atoms with Crippen molar-refractivity contribution in [1.82, 2.24) is 0 Å². The lowest BCUT2D eigenvalue weighted by Crippen LogP contribution is -1.86. The molecule has 0 aromatic rings. The first-order valence-corrected chi connectivity index (χ1v) is 3.84. The molecule has 0 aliphatic heterocycles. The van der Waals surface area contributed by atoms with Crippen molar-refractivity contribution in [2.24, 2.45) is 0 Å². The normalized spacial score (nSPS) is 20.8. The van der Waals surface area contributed by atoms with E-state index in [1.165, 1.54) is 7.11 Å². The number of allylic oxidation sites excluding steroid dienone is 5. The lowest BCUT2D eigenvalue weighted by Gasteiger charge is -1.96. The van der Waals surface area contributed by atoms with Crippen molar-refractivity contribution < 1.29 is 9.84 Å². The van der Waals surface area contributed by atoms with E-state index >= 15 is 0 Å². The van der Waals surface area contributed by atoms with E-state index in [0.717, 1.165) is 9.15 Å². The van der Waals surface area contributed by atoms with E-state index in [0.29, 0.717) is 0 Å². The van der Waals surface area contributed by atoms with Gasteiger partial charge in [0.05, 0.1) is 12.7 Å². The van der Waals surface area contributed by atoms with Crippen molar-refractivity contribution in [3.05, 3.63) is 33.3 Å². The Labute approximate surface area is 73.0 Å². The van der Waals surface area contributed by atoms with Crippen LogP contribution in [0, 0.1) is 0 Å². The van der Waals surface area contributed by atoms with Crippen LogP contribution in [0.5, 0.6) is 0 Å². The number of hydrogen-bond acceptors (Lipinski definition) is 2. The summed E-state index contributed by atoms with van der Waals surface area (Å²) in [5.74, 6) is -0.0251. The Morgan fingerprint density at radius 2 is 2.30 bits per heavy atom. The zero-order chi connectivity index (χ0) is 7.56. The Morgan fingerprint density at radius 3 is 2.70 bits per heavy atom. The van der Waals surface area contributed by atoms with Gasteiger partial charge in [0.25, 0.3) is 5.95 Å². The van der Waals surface area contributed by atoms with E-state index in [9.17, 15) is 0 Å². The Morgan fingerprint density at radius 1 is 1.60 bits per heavy atom. The summed E-state index contributed by atoms with van der Waals surface area (Å²) < 4.78 is 5.71. The third-order valence-corrected chi connectivity index (χ3v) is 1.83. The SMILES string of the molecule is CO/C(O)=C1/C=CC(I)=C1. The molecule has 0 spiro atoms. The van der Waals surface area contributed by atoms with Crippen molar-refractivity contribution in [2.75, 3.05) is 7.11 Å². The summed E-state index contributed by atoms with van der Waals surface area (Å²) in [4.78, 5) is 0. The van der Waals surface area contributed by atoms with E-state index in [2.05, 4.69) is 27.3 Å². The largest absolute Gasteiger partial charge is 0.481 e. The Bertz CT molecular complexity index is 226. The van der Waals surface area contributed by atoms with Gasteiger partial charge in [-0.05, 0) is 40.8 Å². The molecule has 1 aliphatic rings. The van der Waals surface area contributed by atoms with Crippen LogP contribution in [-0.4, -0.2) is 12.2 Å². The molecule has 0 heterocycles. The maximum Gasteiger partial charge on any atom is 0.283 e. The highest BCUT2D eigenvalue weighted by Gasteiger charge is 2.04. The molecular weight excluding hydrogens is 243 g/mol. The van der Waals surface area contributed by atoms with Gasteiger partial charge in [0.15, 0.2) is 0 Å². The molecule has 0 aromatic heterocycles. The van der Waals surface area contributed by atoms with Gasteiger partial charge in [-0.15, -0.1) is 0 Å². The number of aliphatic hydroxyl groups excluding tert-OH is 1. The molecule has 0 unspecified atom stereocenters. The molecule has 3 heteroatoms. The molecule has 2 nitrogen and oxygen atoms in total. The Hall–Kier alpha value is -0.450. The minimum atomic E-state index is -0.0251. The number of halogens is 1. The fourth-order valence-electron chi connectivity index (χ4n) is 0.665. The molecule has 0 aromatic carbocycles. The first-order chi connectivity index (χ1) is 4.74. The molecule has 0 bridgehead atoms. The highest BCUT2D eigenvalue weighted by Crippen LogP contribution is 2.21. The summed E-state index contributed by atoms with van der Waals surface area (Å²) in [6.07, 6.45) is 5.56. The summed E-state index contributed by atoms with van der Waals surface area (Å²) in [7, 11) is 1.44. The monoisotopic (exact) mass is 250 g/mol. The van der Waals surface area contributed by atoms with Crippen LogP contribution in [0.4, 0.5) is 0 Å². The van der Waals surface area contributed by atoms with Gasteiger partial charge in [-0.3, -0.25) is 0 Å². The summed E-state index contributed by atoms with van der Waals surface area (Å²) in [6.45, 7) is 0. The van der Waals surface area contributed by atoms with Gasteiger partial charge in [-0.25, -0.2) is 0 Å². The van der Waals surface area contributed by atoms with E-state index < -0.39 is 0 Å². The Kier molecular flexibility index (Phi) is 2.37. The predicted octanol–water partition coefficient (Wildman–Crippen LogP) is 2.29. The number of aliphatic hydroxyl groups is 1. The summed E-state index contributed by atoms with van der Waals surface area (Å²) in [5, 5.41) is 9.03. The average Bonchev–Trinajstić information content (AvgIpc) is 2.34. The van der Waals surface area contributed by atoms with Gasteiger partial charge < -0.3 is 9.84 Å². The minimum absolute atomic E-state index is 0.0251. The highest BCUT2D eigenvalue weighted by atomic mass is 127. The van der Waals surface area contributed by atoms with Crippen LogP contribution in [-0.2, 0) is 4.74 Å². The number of rotatable bonds is 1. The molecule has 1 N–H and O–H groups in total. The van der Waals surface area contributed by atoms with Crippen molar-refractivity contribution >= 4 is 22.6 Å². The second kappa shape index (κ2) is 3.09. The van der Waals surface area contributed by atoms with Crippen molar-refractivity contribution in [1.29, 1.82) is 0 Å². The molecule has 0 saturated carbocycles. The second-order valence-electron chi connectivity index (χ2n) is 1.83. The van der Waals surface area contributed by atoms with Gasteiger partial charge in [0.2, 0.25) is 0 Å². The second-order valence-corrected chi connectivity index (χ2v) is 3.07. The summed E-state index contributed by atoms with van der Waals surface area (Å²) in [5.41, 5.74) is 0.729. The molecule has 0 amide bonds. The van der Waals surface area contributed by atoms with Gasteiger partial charge in [-0.2, -0.15) is 0 Å². The maximum atomic E-state index is 9.03. The fraction of sp³-hybridized carbons (Fsp3) is 0.143. The quantitative estimate of drug-likeness (QED) is 0.571. The molecule has 0 radical (unpaired) electrons. The Balaban J connectivity index is 2.88. The first-order valence-electron chi connectivity index (χ1n) is 2.76. The highest BCUT2D eigenvalue weighted by molar-refractivity contribution is 14.1. The van der Waals surface area contributed by atoms with Crippen molar-refractivity contribution in [2.45, 2.75) is 0 Å². The minimum Gasteiger partial charge on any atom is -0.481 e. The van der Waals surface area contributed by atoms with Crippen LogP contribution >= 0.6 is 22.6 Å². The van der Waals surface area contributed by atoms with E-state index in [4.69, 9.17) is 5.11 Å². The van der Waals surface area contributed by atoms with Gasteiger partial charge in [0.1, 0.15) is 0 Å². The molecule has 1 aliphatic carbocycles. The fourth-order valence-corrected chi connectivity index (χ4v) is 1.18. The van der Waals surface area contributed by atoms with Crippen LogP contribution in [0.3, 0.4) is 0 Å². The molecule has 1 rings (SSSR count). The third-order valence-electron chi connectivity index (χ3n) is 1.16. The smallest absolute Gasteiger partial charge is 0.283 e. The van der Waals surface area contributed by atoms with Crippen LogP contribution in [0.1, 0.15) is 0 Å². The lowest BCUT2D eigenvalue weighted by molar-refractivity contribution is 0.134. The van der Waals surface area contributed by atoms with Gasteiger partial charge >= 0.3 is 0 Å². The molecule has 10 heavy (non-hydrogen) atoms. The summed E-state index contributed by atoms with van der Waals surface area (Å²) >= 11 is 2.17. The zero-order valence-electron chi connectivity index (χ0n) is 5.47. The average molecular weight is 250 g/mol. The zero-order valence-corrected chi connectivity index (χ0v) is 7.62. The molecule has 0 saturated heterocycles. The summed E-state index contributed by atoms with van der Waals surface area (Å²) in [6, 6.07) is 0. The van der Waals surface area contributed by atoms with E-state index in [1.54, 1.807) is 6.08 Å². The number of methoxy groups -OCH3 is 1. The van der Waals surface area contributed by atoms with Crippen LogP contribution in [0.2, 0.25) is 0 Å². The number of hydrogen-bond donors (Lipinski definition) is 1. The van der Waals surface area contributed by atoms with Crippen LogP contribution in [0.15, 0.2) is 33.3 Å². The lowest BCUT2D eigenvalue weighted by atomic mass is 10.3. The standard InChI is InChI=1S/C7H7IO2/c1-10-7(9)5-2-3-6(8)4-5/h2-4,9H,1H3/b7-5-. The van der Waals surface area contributed by atoms with Crippen molar-refractivity contribution in [3.8, 4) is 0 Å². The third kappa shape index (κ3) is 1.53. The van der Waals surface area contributed by atoms with Crippen molar-refractivity contribution in [3.63, 3.8) is 0 Å². The van der Waals surface area contributed by atoms with E-state index in [1.807, 2.05) is 12.2 Å². The van der Waals surface area contributed by atoms with Crippen LogP contribution in [0.25, 0.3) is 0 Å². The van der Waals surface area contributed by atoms with Crippen LogP contribution < -0.4 is 0 Å². The van der Waals surface area contributed by atoms with Gasteiger partial charge in [-0.1, -0.05) is 0 Å². The van der Waals surface area contributed by atoms with E-state index in [-0.39, 0.29) is 5.95 Å². The molecule has 54 valence electrons. The number of ether oxygens (including phenoxy) is 1. The maximum absolute atomic E-state index is 9.03. The first kappa shape index (κ1) is 7.65. The predicted molar refractivity (Wildman–Crippen MR) is 47.9 cm³/mol. The molecule has 0 atom stereocenters.